The van der Waals surface area contributed by atoms with Crippen molar-refractivity contribution >= 4 is 11.9 Å². The van der Waals surface area contributed by atoms with Crippen LogP contribution in [0.1, 0.15) is 65.2 Å². The predicted octanol–water partition coefficient (Wildman–Crippen LogP) is -0.393. The zero-order valence-electron chi connectivity index (χ0n) is 23.4. The number of hydrogen-bond acceptors (Lipinski definition) is 11. The van der Waals surface area contributed by atoms with E-state index in [4.69, 9.17) is 14.2 Å². The van der Waals surface area contributed by atoms with Crippen LogP contribution in [0.3, 0.4) is 0 Å². The molecule has 2 heterocycles. The summed E-state index contributed by atoms with van der Waals surface area (Å²) in [4.78, 5) is 25.0. The van der Waals surface area contributed by atoms with Gasteiger partial charge in [0.05, 0.1) is 29.5 Å². The highest BCUT2D eigenvalue weighted by Gasteiger charge is 2.75. The molecule has 0 unspecified atom stereocenters. The minimum Gasteiger partial charge on any atom is -0.481 e. The van der Waals surface area contributed by atoms with E-state index in [0.717, 1.165) is 5.57 Å². The number of hydrogen-bond donors (Lipinski definition) is 7. The highest BCUT2D eigenvalue weighted by atomic mass is 16.7. The number of aliphatic carboxylic acids is 1. The number of esters is 1. The summed E-state index contributed by atoms with van der Waals surface area (Å²) in [5.74, 6) is -3.35. The number of aliphatic hydroxyl groups excluding tert-OH is 4. The number of carboxylic acid groups (broad SMARTS) is 1. The molecule has 7 N–H and O–H groups in total. The maximum atomic E-state index is 13.2. The normalized spacial score (nSPS) is 54.9. The van der Waals surface area contributed by atoms with Gasteiger partial charge in [0.2, 0.25) is 0 Å². The van der Waals surface area contributed by atoms with Gasteiger partial charge < -0.3 is 50.0 Å². The Kier molecular flexibility index (Phi) is 6.95. The summed E-state index contributed by atoms with van der Waals surface area (Å²) in [6, 6.07) is 0. The number of rotatable bonds is 4. The lowest BCUT2D eigenvalue weighted by Crippen LogP contribution is -2.73. The van der Waals surface area contributed by atoms with E-state index in [1.54, 1.807) is 0 Å². The summed E-state index contributed by atoms with van der Waals surface area (Å²) >= 11 is 0. The minimum absolute atomic E-state index is 0.0327. The maximum absolute atomic E-state index is 13.2. The monoisotopic (exact) mass is 582 g/mol. The number of carbonyl (C=O) groups excluding carboxylic acids is 1. The van der Waals surface area contributed by atoms with Crippen molar-refractivity contribution in [3.8, 4) is 0 Å². The van der Waals surface area contributed by atoms with Crippen LogP contribution in [0.5, 0.6) is 0 Å². The summed E-state index contributed by atoms with van der Waals surface area (Å²) < 4.78 is 16.7. The van der Waals surface area contributed by atoms with Gasteiger partial charge in [0.25, 0.3) is 0 Å². The molecule has 0 aromatic rings. The standard InChI is InChI=1S/C29H42O12/c1-13-21(32)22(33)23(34)24(40-13)41-15-3-7-28(25(35)36)20-17(4-6-27(28,37)10-15)29(38)8-5-16(14-9-19(31)39-12-14)26(29,2)11-18(20)30/h9,13,15-18,20-24,30,32-34,37-38H,3-8,10-12H2,1-2H3,(H,35,36)/t13-,15-,16+,17-,18+,20+,21+,22+,23+,24+,26+,27-,28+,29-/m0/s1. The Morgan fingerprint density at radius 2 is 1.73 bits per heavy atom. The zero-order valence-corrected chi connectivity index (χ0v) is 23.4. The number of aliphatic hydroxyl groups is 6. The van der Waals surface area contributed by atoms with Crippen LogP contribution in [0.4, 0.5) is 0 Å². The molecule has 2 aliphatic heterocycles. The largest absolute Gasteiger partial charge is 0.481 e. The minimum atomic E-state index is -1.77. The number of fused-ring (bicyclic) bond motifs is 5. The lowest BCUT2D eigenvalue weighted by molar-refractivity contribution is -0.322. The number of cyclic esters (lactones) is 1. The average Bonchev–Trinajstić information content (AvgIpc) is 3.44. The van der Waals surface area contributed by atoms with Crippen LogP contribution in [0.2, 0.25) is 0 Å². The van der Waals surface area contributed by atoms with Crippen LogP contribution in [0.15, 0.2) is 11.6 Å². The number of ether oxygens (including phenoxy) is 3. The Bertz CT molecular complexity index is 1130. The van der Waals surface area contributed by atoms with E-state index in [0.29, 0.717) is 12.8 Å². The van der Waals surface area contributed by atoms with E-state index in [1.165, 1.54) is 13.0 Å². The SMILES string of the molecule is C[C@@H]1O[C@H](O[C@H]2CC[C@]3(C(=O)O)[C@H]4[C@H](O)C[C@]5(C)[C@@H](C6=CC(=O)OC6)CC[C@]5(O)[C@H]4CC[C@]3(O)C2)[C@H](O)[C@H](O)[C@@H]1O. The Labute approximate surface area is 237 Å². The van der Waals surface area contributed by atoms with E-state index in [2.05, 4.69) is 0 Å². The van der Waals surface area contributed by atoms with Gasteiger partial charge in [0, 0.05) is 23.8 Å². The molecule has 4 saturated carbocycles. The molecule has 6 rings (SSSR count). The lowest BCUT2D eigenvalue weighted by Gasteiger charge is -2.66. The first-order valence-electron chi connectivity index (χ1n) is 14.8. The highest BCUT2D eigenvalue weighted by Crippen LogP contribution is 2.71. The van der Waals surface area contributed by atoms with Gasteiger partial charge in [-0.05, 0) is 69.3 Å². The summed E-state index contributed by atoms with van der Waals surface area (Å²) in [7, 11) is 0. The smallest absolute Gasteiger partial charge is 0.331 e. The third-order valence-electron chi connectivity index (χ3n) is 12.0. The van der Waals surface area contributed by atoms with E-state index in [9.17, 15) is 45.3 Å². The predicted molar refractivity (Wildman–Crippen MR) is 138 cm³/mol. The molecule has 12 nitrogen and oxygen atoms in total. The molecule has 0 radical (unpaired) electrons. The van der Waals surface area contributed by atoms with E-state index in [-0.39, 0.29) is 51.0 Å². The van der Waals surface area contributed by atoms with Gasteiger partial charge in [-0.3, -0.25) is 4.79 Å². The number of carboxylic acids is 1. The molecule has 6 aliphatic rings. The van der Waals surface area contributed by atoms with E-state index < -0.39 is 88.7 Å². The molecular formula is C29H42O12. The van der Waals surface area contributed by atoms with Gasteiger partial charge in [-0.1, -0.05) is 6.92 Å². The first kappa shape index (κ1) is 29.4. The Balaban J connectivity index is 1.28. The summed E-state index contributed by atoms with van der Waals surface area (Å²) in [5.41, 5.74) is -4.84. The van der Waals surface area contributed by atoms with Crippen molar-refractivity contribution < 1.29 is 59.5 Å². The van der Waals surface area contributed by atoms with Gasteiger partial charge in [-0.25, -0.2) is 4.79 Å². The first-order valence-corrected chi connectivity index (χ1v) is 14.8. The van der Waals surface area contributed by atoms with Gasteiger partial charge >= 0.3 is 11.9 Å². The third kappa shape index (κ3) is 3.95. The van der Waals surface area contributed by atoms with Crippen LogP contribution in [0, 0.1) is 28.6 Å². The molecule has 0 aromatic heterocycles. The molecule has 1 saturated heterocycles. The van der Waals surface area contributed by atoms with Crippen LogP contribution in [0.25, 0.3) is 0 Å². The highest BCUT2D eigenvalue weighted by molar-refractivity contribution is 5.85. The molecule has 0 bridgehead atoms. The van der Waals surface area contributed by atoms with Crippen LogP contribution < -0.4 is 0 Å². The van der Waals surface area contributed by atoms with Gasteiger partial charge in [-0.15, -0.1) is 0 Å². The molecule has 5 fully saturated rings. The fraction of sp³-hybridized carbons (Fsp3) is 0.862. The summed E-state index contributed by atoms with van der Waals surface area (Å²) in [6.45, 7) is 3.59. The van der Waals surface area contributed by atoms with Gasteiger partial charge in [0.1, 0.15) is 30.3 Å². The fourth-order valence-electron chi connectivity index (χ4n) is 9.96. The molecule has 4 aliphatic carbocycles. The van der Waals surface area contributed by atoms with Crippen molar-refractivity contribution in [3.05, 3.63) is 11.6 Å². The van der Waals surface area contributed by atoms with Crippen molar-refractivity contribution in [2.45, 2.75) is 119 Å². The van der Waals surface area contributed by atoms with Crippen LogP contribution in [-0.4, -0.2) is 108 Å². The van der Waals surface area contributed by atoms with Gasteiger partial charge in [0.15, 0.2) is 6.29 Å². The van der Waals surface area contributed by atoms with Crippen LogP contribution in [-0.2, 0) is 23.8 Å². The molecule has 12 heteroatoms. The van der Waals surface area contributed by atoms with Crippen LogP contribution >= 0.6 is 0 Å². The zero-order chi connectivity index (χ0) is 29.7. The molecular weight excluding hydrogens is 540 g/mol. The van der Waals surface area contributed by atoms with Crippen molar-refractivity contribution in [1.29, 1.82) is 0 Å². The average molecular weight is 583 g/mol. The Morgan fingerprint density at radius 3 is 2.39 bits per heavy atom. The second kappa shape index (κ2) is 9.68. The number of carbonyl (C=O) groups is 2. The summed E-state index contributed by atoms with van der Waals surface area (Å²) in [6.07, 6.45) is -5.30. The van der Waals surface area contributed by atoms with E-state index in [1.807, 2.05) is 6.92 Å². The maximum Gasteiger partial charge on any atom is 0.331 e. The topological polar surface area (TPSA) is 203 Å². The molecule has 14 atom stereocenters. The van der Waals surface area contributed by atoms with Crippen molar-refractivity contribution in [2.24, 2.45) is 28.6 Å². The first-order chi connectivity index (χ1) is 19.2. The Hall–Kier alpha value is -1.64. The fourth-order valence-corrected chi connectivity index (χ4v) is 9.96. The lowest BCUT2D eigenvalue weighted by atomic mass is 9.40. The molecule has 0 amide bonds. The van der Waals surface area contributed by atoms with Crippen molar-refractivity contribution in [2.75, 3.05) is 6.61 Å². The molecule has 41 heavy (non-hydrogen) atoms. The molecule has 0 aromatic carbocycles. The van der Waals surface area contributed by atoms with Crippen molar-refractivity contribution in [3.63, 3.8) is 0 Å². The quantitative estimate of drug-likeness (QED) is 0.167. The second-order valence-electron chi connectivity index (χ2n) is 13.7. The summed E-state index contributed by atoms with van der Waals surface area (Å²) in [5, 5.41) is 77.6. The van der Waals surface area contributed by atoms with E-state index >= 15 is 0 Å². The third-order valence-corrected chi connectivity index (χ3v) is 12.0. The van der Waals surface area contributed by atoms with Crippen molar-refractivity contribution in [1.82, 2.24) is 0 Å². The Morgan fingerprint density at radius 1 is 1.00 bits per heavy atom. The molecule has 230 valence electrons. The molecule has 0 spiro atoms. The second-order valence-corrected chi connectivity index (χ2v) is 13.7. The van der Waals surface area contributed by atoms with Gasteiger partial charge in [-0.2, -0.15) is 0 Å².